The number of H-pyrrole nitrogens is 1. The van der Waals surface area contributed by atoms with Crippen LogP contribution in [0.3, 0.4) is 0 Å². The Kier molecular flexibility index (Phi) is 6.22. The van der Waals surface area contributed by atoms with Crippen LogP contribution in [-0.2, 0) is 11.3 Å². The molecule has 0 amide bonds. The monoisotopic (exact) mass is 412 g/mol. The number of nitrogens with one attached hydrogen (secondary N) is 1. The van der Waals surface area contributed by atoms with Crippen molar-refractivity contribution in [3.63, 3.8) is 0 Å². The van der Waals surface area contributed by atoms with E-state index >= 15 is 0 Å². The molecule has 0 saturated carbocycles. The Morgan fingerprint density at radius 3 is 2.62 bits per heavy atom. The summed E-state index contributed by atoms with van der Waals surface area (Å²) in [5, 5.41) is 9.30. The number of benzene rings is 1. The minimum atomic E-state index is -0.448. The van der Waals surface area contributed by atoms with Crippen LogP contribution in [0, 0.1) is 20.8 Å². The second-order valence-electron chi connectivity index (χ2n) is 6.75. The lowest BCUT2D eigenvalue weighted by molar-refractivity contribution is 0.0599. The molecule has 2 aromatic heterocycles. The molecular weight excluding hydrogens is 388 g/mol. The van der Waals surface area contributed by atoms with Crippen LogP contribution in [0.15, 0.2) is 29.4 Å². The van der Waals surface area contributed by atoms with Gasteiger partial charge in [0.2, 0.25) is 0 Å². The molecule has 0 fully saturated rings. The second kappa shape index (κ2) is 8.65. The normalized spacial score (nSPS) is 10.9. The summed E-state index contributed by atoms with van der Waals surface area (Å²) in [4.78, 5) is 27.7. The van der Waals surface area contributed by atoms with E-state index in [-0.39, 0.29) is 11.5 Å². The average Bonchev–Trinajstić information content (AvgIpc) is 3.25. The first-order chi connectivity index (χ1) is 13.9. The zero-order chi connectivity index (χ0) is 21.1. The Morgan fingerprint density at radius 2 is 1.97 bits per heavy atom. The summed E-state index contributed by atoms with van der Waals surface area (Å²) < 4.78 is 6.81. The van der Waals surface area contributed by atoms with Crippen LogP contribution in [-0.4, -0.2) is 44.4 Å². The number of carbonyl (C=O) groups is 2. The van der Waals surface area contributed by atoms with Gasteiger partial charge in [-0.3, -0.25) is 4.79 Å². The van der Waals surface area contributed by atoms with E-state index in [4.69, 9.17) is 4.74 Å². The van der Waals surface area contributed by atoms with Crippen LogP contribution in [0.4, 0.5) is 0 Å². The van der Waals surface area contributed by atoms with E-state index in [1.165, 1.54) is 18.9 Å². The standard InChI is InChI=1S/C21H24N4O3S/c1-6-25-19(15-9-7-8-12(2)10-15)23-24-21(25)29-11-16(26)18-13(3)17(14(4)22-18)20(27)28-5/h7-10,22H,6,11H2,1-5H3. The lowest BCUT2D eigenvalue weighted by atomic mass is 10.1. The Bertz CT molecular complexity index is 1070. The predicted molar refractivity (Wildman–Crippen MR) is 113 cm³/mol. The highest BCUT2D eigenvalue weighted by Crippen LogP contribution is 2.26. The van der Waals surface area contributed by atoms with Crippen LogP contribution in [0.2, 0.25) is 0 Å². The lowest BCUT2D eigenvalue weighted by Gasteiger charge is -2.07. The predicted octanol–water partition coefficient (Wildman–Crippen LogP) is 3.98. The molecule has 3 rings (SSSR count). The van der Waals surface area contributed by atoms with E-state index in [1.807, 2.05) is 36.6 Å². The van der Waals surface area contributed by atoms with Crippen molar-refractivity contribution in [2.45, 2.75) is 39.4 Å². The van der Waals surface area contributed by atoms with Gasteiger partial charge >= 0.3 is 5.97 Å². The van der Waals surface area contributed by atoms with E-state index in [2.05, 4.69) is 21.2 Å². The topological polar surface area (TPSA) is 89.9 Å². The minimum absolute atomic E-state index is 0.103. The molecule has 0 atom stereocenters. The van der Waals surface area contributed by atoms with Crippen LogP contribution >= 0.6 is 11.8 Å². The van der Waals surface area contributed by atoms with Crippen LogP contribution in [0.25, 0.3) is 11.4 Å². The first-order valence-corrected chi connectivity index (χ1v) is 10.3. The van der Waals surface area contributed by atoms with Crippen molar-refractivity contribution in [1.29, 1.82) is 0 Å². The molecule has 1 aromatic carbocycles. The highest BCUT2D eigenvalue weighted by atomic mass is 32.2. The van der Waals surface area contributed by atoms with Gasteiger partial charge in [-0.2, -0.15) is 0 Å². The highest BCUT2D eigenvalue weighted by molar-refractivity contribution is 7.99. The number of ether oxygens (including phenoxy) is 1. The summed E-state index contributed by atoms with van der Waals surface area (Å²) in [7, 11) is 1.33. The van der Waals surface area contributed by atoms with Gasteiger partial charge in [0.25, 0.3) is 0 Å². The van der Waals surface area contributed by atoms with Crippen molar-refractivity contribution in [3.05, 3.63) is 52.3 Å². The van der Waals surface area contributed by atoms with Crippen molar-refractivity contribution in [2.24, 2.45) is 0 Å². The Morgan fingerprint density at radius 1 is 1.21 bits per heavy atom. The number of methoxy groups -OCH3 is 1. The lowest BCUT2D eigenvalue weighted by Crippen LogP contribution is -2.08. The van der Waals surface area contributed by atoms with E-state index in [0.717, 1.165) is 17.0 Å². The number of hydrogen-bond donors (Lipinski definition) is 1. The van der Waals surface area contributed by atoms with E-state index in [1.54, 1.807) is 13.8 Å². The quantitative estimate of drug-likeness (QED) is 0.359. The van der Waals surface area contributed by atoms with Crippen LogP contribution in [0.5, 0.6) is 0 Å². The van der Waals surface area contributed by atoms with Gasteiger partial charge in [0, 0.05) is 17.8 Å². The van der Waals surface area contributed by atoms with Gasteiger partial charge < -0.3 is 14.3 Å². The highest BCUT2D eigenvalue weighted by Gasteiger charge is 2.23. The molecule has 0 radical (unpaired) electrons. The van der Waals surface area contributed by atoms with Gasteiger partial charge in [-0.25, -0.2) is 4.79 Å². The van der Waals surface area contributed by atoms with Gasteiger partial charge in [-0.15, -0.1) is 10.2 Å². The Hall–Kier alpha value is -2.87. The van der Waals surface area contributed by atoms with Crippen molar-refractivity contribution in [1.82, 2.24) is 19.7 Å². The molecule has 152 valence electrons. The molecule has 0 aliphatic carbocycles. The number of rotatable bonds is 7. The first-order valence-electron chi connectivity index (χ1n) is 9.31. The summed E-state index contributed by atoms with van der Waals surface area (Å²) in [5.41, 5.74) is 4.22. The van der Waals surface area contributed by atoms with E-state index in [9.17, 15) is 9.59 Å². The third kappa shape index (κ3) is 4.12. The number of esters is 1. The third-order valence-electron chi connectivity index (χ3n) is 4.75. The number of thioether (sulfide) groups is 1. The maximum atomic E-state index is 12.8. The Labute approximate surface area is 173 Å². The molecule has 2 heterocycles. The number of Topliss-reactive ketones (excluding diaryl/α,β-unsaturated/α-hetero) is 1. The molecule has 0 bridgehead atoms. The van der Waals surface area contributed by atoms with E-state index in [0.29, 0.717) is 34.2 Å². The van der Waals surface area contributed by atoms with Gasteiger partial charge in [-0.05, 0) is 39.3 Å². The molecule has 0 unspecified atom stereocenters. The zero-order valence-corrected chi connectivity index (χ0v) is 18.0. The molecule has 29 heavy (non-hydrogen) atoms. The van der Waals surface area contributed by atoms with Gasteiger partial charge in [0.15, 0.2) is 16.8 Å². The van der Waals surface area contributed by atoms with Crippen molar-refractivity contribution in [2.75, 3.05) is 12.9 Å². The first kappa shape index (κ1) is 20.9. The molecule has 3 aromatic rings. The van der Waals surface area contributed by atoms with Gasteiger partial charge in [0.05, 0.1) is 24.1 Å². The molecule has 0 aliphatic rings. The molecule has 0 saturated heterocycles. The van der Waals surface area contributed by atoms with Crippen molar-refractivity contribution in [3.8, 4) is 11.4 Å². The summed E-state index contributed by atoms with van der Waals surface area (Å²) in [6.45, 7) is 8.26. The van der Waals surface area contributed by atoms with Crippen molar-refractivity contribution >= 4 is 23.5 Å². The summed E-state index contributed by atoms with van der Waals surface area (Å²) in [6, 6.07) is 8.09. The van der Waals surface area contributed by atoms with Crippen LogP contribution in [0.1, 0.15) is 44.6 Å². The number of ketones is 1. The third-order valence-corrected chi connectivity index (χ3v) is 5.71. The number of aryl methyl sites for hydroxylation is 2. The second-order valence-corrected chi connectivity index (χ2v) is 7.69. The number of hydrogen-bond acceptors (Lipinski definition) is 6. The fourth-order valence-corrected chi connectivity index (χ4v) is 4.19. The zero-order valence-electron chi connectivity index (χ0n) is 17.2. The Balaban J connectivity index is 1.80. The summed E-state index contributed by atoms with van der Waals surface area (Å²) in [5.74, 6) is 0.420. The SMILES string of the molecule is CCn1c(SCC(=O)c2[nH]c(C)c(C(=O)OC)c2C)nnc1-c1cccc(C)c1. The fourth-order valence-electron chi connectivity index (χ4n) is 3.32. The largest absolute Gasteiger partial charge is 0.465 e. The van der Waals surface area contributed by atoms with E-state index < -0.39 is 5.97 Å². The van der Waals surface area contributed by atoms with Gasteiger partial charge in [-0.1, -0.05) is 35.5 Å². The van der Waals surface area contributed by atoms with Crippen LogP contribution < -0.4 is 0 Å². The number of nitrogens with zero attached hydrogens (tertiary/aromatic N) is 3. The molecule has 8 heteroatoms. The maximum absolute atomic E-state index is 12.8. The fraction of sp³-hybridized carbons (Fsp3) is 0.333. The van der Waals surface area contributed by atoms with Gasteiger partial charge in [0.1, 0.15) is 0 Å². The molecule has 0 spiro atoms. The average molecular weight is 413 g/mol. The maximum Gasteiger partial charge on any atom is 0.339 e. The van der Waals surface area contributed by atoms with Crippen molar-refractivity contribution < 1.29 is 14.3 Å². The number of aromatic nitrogens is 4. The summed E-state index contributed by atoms with van der Waals surface area (Å²) >= 11 is 1.34. The molecule has 0 aliphatic heterocycles. The molecule has 7 nitrogen and oxygen atoms in total. The minimum Gasteiger partial charge on any atom is -0.465 e. The number of aromatic amines is 1. The smallest absolute Gasteiger partial charge is 0.339 e. The molecular formula is C21H24N4O3S. The number of carbonyl (C=O) groups excluding carboxylic acids is 2. The molecule has 1 N–H and O–H groups in total. The summed E-state index contributed by atoms with van der Waals surface area (Å²) in [6.07, 6.45) is 0.